The Morgan fingerprint density at radius 2 is 1.67 bits per heavy atom. The van der Waals surface area contributed by atoms with Crippen LogP contribution in [-0.2, 0) is 9.47 Å². The van der Waals surface area contributed by atoms with Crippen molar-refractivity contribution in [3.05, 3.63) is 0 Å². The standard InChI is InChI=1S/C7H16O5/c1-11-6(4-9)7(12-2)5(10)3-8/h5-10H,3-4H2,1-2H3/t5-,6+,7+/m0/s1. The zero-order valence-electron chi connectivity index (χ0n) is 7.30. The van der Waals surface area contributed by atoms with Gasteiger partial charge in [0.25, 0.3) is 0 Å². The Morgan fingerprint density at radius 1 is 1.08 bits per heavy atom. The van der Waals surface area contributed by atoms with E-state index in [0.29, 0.717) is 0 Å². The van der Waals surface area contributed by atoms with E-state index in [0.717, 1.165) is 0 Å². The van der Waals surface area contributed by atoms with Crippen molar-refractivity contribution in [3.63, 3.8) is 0 Å². The van der Waals surface area contributed by atoms with E-state index >= 15 is 0 Å². The SMILES string of the molecule is CO[C@H]([C@@H](O)CO)[C@@H](CO)OC. The highest BCUT2D eigenvalue weighted by molar-refractivity contribution is 4.76. The summed E-state index contributed by atoms with van der Waals surface area (Å²) in [5, 5.41) is 26.6. The number of ether oxygens (including phenoxy) is 2. The first-order valence-corrected chi connectivity index (χ1v) is 3.66. The molecule has 0 aliphatic heterocycles. The third-order valence-corrected chi connectivity index (χ3v) is 1.69. The van der Waals surface area contributed by atoms with Crippen molar-refractivity contribution in [2.24, 2.45) is 0 Å². The van der Waals surface area contributed by atoms with Crippen molar-refractivity contribution >= 4 is 0 Å². The van der Waals surface area contributed by atoms with Crippen LogP contribution in [0.1, 0.15) is 0 Å². The molecule has 12 heavy (non-hydrogen) atoms. The molecular weight excluding hydrogens is 164 g/mol. The fraction of sp³-hybridized carbons (Fsp3) is 1.00. The van der Waals surface area contributed by atoms with E-state index in [-0.39, 0.29) is 6.61 Å². The lowest BCUT2D eigenvalue weighted by Crippen LogP contribution is -2.43. The molecule has 0 aliphatic carbocycles. The second-order valence-corrected chi connectivity index (χ2v) is 2.41. The summed E-state index contributed by atoms with van der Waals surface area (Å²) in [6.07, 6.45) is -2.35. The van der Waals surface area contributed by atoms with E-state index < -0.39 is 24.9 Å². The third kappa shape index (κ3) is 3.04. The van der Waals surface area contributed by atoms with E-state index in [1.807, 2.05) is 0 Å². The summed E-state index contributed by atoms with van der Waals surface area (Å²) in [6.45, 7) is -0.676. The van der Waals surface area contributed by atoms with Gasteiger partial charge in [0.15, 0.2) is 0 Å². The predicted octanol–water partition coefficient (Wildman–Crippen LogP) is -1.64. The van der Waals surface area contributed by atoms with Crippen LogP contribution in [0.5, 0.6) is 0 Å². The molecule has 0 amide bonds. The van der Waals surface area contributed by atoms with Gasteiger partial charge in [0, 0.05) is 14.2 Å². The van der Waals surface area contributed by atoms with Crippen LogP contribution in [-0.4, -0.2) is 61.1 Å². The van der Waals surface area contributed by atoms with Crippen molar-refractivity contribution in [1.29, 1.82) is 0 Å². The van der Waals surface area contributed by atoms with E-state index in [1.54, 1.807) is 0 Å². The zero-order chi connectivity index (χ0) is 9.56. The van der Waals surface area contributed by atoms with E-state index in [9.17, 15) is 5.11 Å². The molecule has 0 radical (unpaired) electrons. The Hall–Kier alpha value is -0.200. The number of hydrogen-bond donors (Lipinski definition) is 3. The lowest BCUT2D eigenvalue weighted by Gasteiger charge is -2.26. The highest BCUT2D eigenvalue weighted by Gasteiger charge is 2.27. The third-order valence-electron chi connectivity index (χ3n) is 1.69. The van der Waals surface area contributed by atoms with Crippen LogP contribution in [0.15, 0.2) is 0 Å². The summed E-state index contributed by atoms with van der Waals surface area (Å²) in [4.78, 5) is 0. The van der Waals surface area contributed by atoms with E-state index in [1.165, 1.54) is 14.2 Å². The second-order valence-electron chi connectivity index (χ2n) is 2.41. The summed E-state index contributed by atoms with van der Waals surface area (Å²) < 4.78 is 9.68. The van der Waals surface area contributed by atoms with Gasteiger partial charge in [-0.3, -0.25) is 0 Å². The van der Waals surface area contributed by atoms with Crippen molar-refractivity contribution in [3.8, 4) is 0 Å². The van der Waals surface area contributed by atoms with Gasteiger partial charge in [0.1, 0.15) is 18.3 Å². The van der Waals surface area contributed by atoms with Gasteiger partial charge in [-0.25, -0.2) is 0 Å². The van der Waals surface area contributed by atoms with Crippen LogP contribution < -0.4 is 0 Å². The van der Waals surface area contributed by atoms with Crippen LogP contribution in [0.2, 0.25) is 0 Å². The Labute approximate surface area is 71.5 Å². The van der Waals surface area contributed by atoms with Gasteiger partial charge in [0.05, 0.1) is 13.2 Å². The smallest absolute Gasteiger partial charge is 0.114 e. The molecule has 5 heteroatoms. The number of aliphatic hydroxyl groups is 3. The largest absolute Gasteiger partial charge is 0.394 e. The zero-order valence-corrected chi connectivity index (χ0v) is 7.30. The summed E-state index contributed by atoms with van der Waals surface area (Å²) in [5.41, 5.74) is 0. The first-order valence-electron chi connectivity index (χ1n) is 3.66. The van der Waals surface area contributed by atoms with Gasteiger partial charge < -0.3 is 24.8 Å². The van der Waals surface area contributed by atoms with Gasteiger partial charge in [-0.15, -0.1) is 0 Å². The molecule has 3 N–H and O–H groups in total. The lowest BCUT2D eigenvalue weighted by atomic mass is 10.1. The fourth-order valence-corrected chi connectivity index (χ4v) is 0.973. The van der Waals surface area contributed by atoms with Gasteiger partial charge in [-0.1, -0.05) is 0 Å². The normalized spacial score (nSPS) is 18.8. The lowest BCUT2D eigenvalue weighted by molar-refractivity contribution is -0.120. The number of rotatable bonds is 6. The molecule has 0 unspecified atom stereocenters. The van der Waals surface area contributed by atoms with E-state index in [4.69, 9.17) is 19.7 Å². The molecule has 0 saturated heterocycles. The Bertz CT molecular complexity index is 104. The Kier molecular flexibility index (Phi) is 6.23. The van der Waals surface area contributed by atoms with Gasteiger partial charge in [-0.05, 0) is 0 Å². The highest BCUT2D eigenvalue weighted by atomic mass is 16.5. The van der Waals surface area contributed by atoms with Gasteiger partial charge in [0.2, 0.25) is 0 Å². The predicted molar refractivity (Wildman–Crippen MR) is 41.8 cm³/mol. The molecule has 0 fully saturated rings. The molecule has 0 heterocycles. The summed E-state index contributed by atoms with van der Waals surface area (Å²) >= 11 is 0. The molecule has 0 aromatic heterocycles. The minimum absolute atomic E-state index is 0.258. The summed E-state index contributed by atoms with van der Waals surface area (Å²) in [7, 11) is 2.78. The average molecular weight is 180 g/mol. The highest BCUT2D eigenvalue weighted by Crippen LogP contribution is 2.06. The quantitative estimate of drug-likeness (QED) is 0.457. The molecule has 0 aromatic rings. The summed E-state index contributed by atoms with van der Waals surface area (Å²) in [5.74, 6) is 0. The molecule has 74 valence electrons. The fourth-order valence-electron chi connectivity index (χ4n) is 0.973. The molecular formula is C7H16O5. The van der Waals surface area contributed by atoms with Crippen LogP contribution in [0.4, 0.5) is 0 Å². The molecule has 5 nitrogen and oxygen atoms in total. The molecule has 0 saturated carbocycles. The van der Waals surface area contributed by atoms with Crippen LogP contribution in [0.3, 0.4) is 0 Å². The average Bonchev–Trinajstić information content (AvgIpc) is 2.12. The molecule has 0 rings (SSSR count). The van der Waals surface area contributed by atoms with Crippen LogP contribution in [0, 0.1) is 0 Å². The molecule has 0 bridgehead atoms. The minimum atomic E-state index is -1.04. The summed E-state index contributed by atoms with van der Waals surface area (Å²) in [6, 6.07) is 0. The molecule has 0 aromatic carbocycles. The maximum Gasteiger partial charge on any atom is 0.114 e. The molecule has 0 spiro atoms. The first kappa shape index (κ1) is 11.8. The number of hydrogen-bond acceptors (Lipinski definition) is 5. The van der Waals surface area contributed by atoms with Crippen LogP contribution >= 0.6 is 0 Å². The topological polar surface area (TPSA) is 79.2 Å². The van der Waals surface area contributed by atoms with Gasteiger partial charge >= 0.3 is 0 Å². The maximum atomic E-state index is 9.18. The van der Waals surface area contributed by atoms with E-state index in [2.05, 4.69) is 0 Å². The second kappa shape index (κ2) is 6.33. The Morgan fingerprint density at radius 3 is 1.92 bits per heavy atom. The Balaban J connectivity index is 4.09. The van der Waals surface area contributed by atoms with Gasteiger partial charge in [-0.2, -0.15) is 0 Å². The van der Waals surface area contributed by atoms with Crippen molar-refractivity contribution < 1.29 is 24.8 Å². The van der Waals surface area contributed by atoms with Crippen molar-refractivity contribution in [2.45, 2.75) is 18.3 Å². The number of aliphatic hydroxyl groups excluding tert-OH is 3. The van der Waals surface area contributed by atoms with Crippen molar-refractivity contribution in [1.82, 2.24) is 0 Å². The molecule has 0 aliphatic rings. The minimum Gasteiger partial charge on any atom is -0.394 e. The monoisotopic (exact) mass is 180 g/mol. The van der Waals surface area contributed by atoms with Crippen molar-refractivity contribution in [2.75, 3.05) is 27.4 Å². The van der Waals surface area contributed by atoms with Crippen LogP contribution in [0.25, 0.3) is 0 Å². The first-order chi connectivity index (χ1) is 5.71. The number of methoxy groups -OCH3 is 2. The maximum absolute atomic E-state index is 9.18. The molecule has 3 atom stereocenters.